The zero-order valence-electron chi connectivity index (χ0n) is 17.4. The third-order valence-electron chi connectivity index (χ3n) is 5.54. The van der Waals surface area contributed by atoms with Crippen LogP contribution in [0.25, 0.3) is 0 Å². The summed E-state index contributed by atoms with van der Waals surface area (Å²) < 4.78 is 14.0. The quantitative estimate of drug-likeness (QED) is 0.352. The van der Waals surface area contributed by atoms with Crippen LogP contribution in [0.5, 0.6) is 0 Å². The molecule has 1 atom stereocenters. The summed E-state index contributed by atoms with van der Waals surface area (Å²) in [6.45, 7) is 4.57. The summed E-state index contributed by atoms with van der Waals surface area (Å²) in [5.74, 6) is 0.330. The van der Waals surface area contributed by atoms with Crippen LogP contribution in [0.15, 0.2) is 53.5 Å². The summed E-state index contributed by atoms with van der Waals surface area (Å²) in [5, 5.41) is 15.6. The first-order chi connectivity index (χ1) is 14.1. The van der Waals surface area contributed by atoms with Gasteiger partial charge in [-0.3, -0.25) is 9.89 Å². The van der Waals surface area contributed by atoms with Crippen LogP contribution in [-0.4, -0.2) is 37.0 Å². The minimum absolute atomic E-state index is 0. The van der Waals surface area contributed by atoms with Crippen molar-refractivity contribution in [2.24, 2.45) is 4.99 Å². The maximum atomic E-state index is 14.0. The maximum Gasteiger partial charge on any atom is 0.191 e. The minimum atomic E-state index is -0.324. The van der Waals surface area contributed by atoms with Crippen LogP contribution >= 0.6 is 24.0 Å². The van der Waals surface area contributed by atoms with Gasteiger partial charge in [0.05, 0.1) is 11.6 Å². The predicted molar refractivity (Wildman–Crippen MR) is 129 cm³/mol. The number of likely N-dealkylation sites (tertiary alicyclic amines) is 1. The molecule has 7 heteroatoms. The number of guanidine groups is 1. The van der Waals surface area contributed by atoms with E-state index in [1.807, 2.05) is 12.1 Å². The van der Waals surface area contributed by atoms with Crippen molar-refractivity contribution in [3.8, 4) is 6.07 Å². The third-order valence-corrected chi connectivity index (χ3v) is 5.54. The van der Waals surface area contributed by atoms with Gasteiger partial charge in [0.25, 0.3) is 0 Å². The van der Waals surface area contributed by atoms with E-state index in [2.05, 4.69) is 51.7 Å². The number of nitriles is 1. The maximum absolute atomic E-state index is 14.0. The van der Waals surface area contributed by atoms with E-state index in [4.69, 9.17) is 5.26 Å². The van der Waals surface area contributed by atoms with Gasteiger partial charge < -0.3 is 10.6 Å². The summed E-state index contributed by atoms with van der Waals surface area (Å²) >= 11 is 0. The lowest BCUT2D eigenvalue weighted by molar-refractivity contribution is 0.158. The number of hydrogen-bond donors (Lipinski definition) is 2. The van der Waals surface area contributed by atoms with Gasteiger partial charge in [0, 0.05) is 44.3 Å². The van der Waals surface area contributed by atoms with Crippen molar-refractivity contribution < 1.29 is 4.39 Å². The molecule has 1 aliphatic heterocycles. The fourth-order valence-corrected chi connectivity index (χ4v) is 3.72. The van der Waals surface area contributed by atoms with Crippen LogP contribution in [0.3, 0.4) is 0 Å². The SMILES string of the molecule is CN=C(NCc1cc(C#N)ccc1F)NC1CCN(C(C)c2ccccc2)CC1.I. The fourth-order valence-electron chi connectivity index (χ4n) is 3.72. The van der Waals surface area contributed by atoms with E-state index in [9.17, 15) is 4.39 Å². The van der Waals surface area contributed by atoms with Gasteiger partial charge in [0.1, 0.15) is 5.82 Å². The van der Waals surface area contributed by atoms with Gasteiger partial charge in [-0.05, 0) is 43.5 Å². The Balaban J connectivity index is 0.00000320. The van der Waals surface area contributed by atoms with Crippen molar-refractivity contribution in [1.29, 1.82) is 5.26 Å². The number of hydrogen-bond acceptors (Lipinski definition) is 3. The van der Waals surface area contributed by atoms with Gasteiger partial charge in [-0.25, -0.2) is 4.39 Å². The molecule has 1 heterocycles. The number of piperidine rings is 1. The second-order valence-corrected chi connectivity index (χ2v) is 7.38. The summed E-state index contributed by atoms with van der Waals surface area (Å²) in [7, 11) is 1.71. The number of rotatable bonds is 5. The molecule has 5 nitrogen and oxygen atoms in total. The van der Waals surface area contributed by atoms with Crippen molar-refractivity contribution in [1.82, 2.24) is 15.5 Å². The molecule has 3 rings (SSSR count). The Labute approximate surface area is 195 Å². The Kier molecular flexibility index (Phi) is 9.53. The van der Waals surface area contributed by atoms with Crippen LogP contribution in [-0.2, 0) is 6.54 Å². The molecule has 0 bridgehead atoms. The normalized spacial score (nSPS) is 16.3. The lowest BCUT2D eigenvalue weighted by Gasteiger charge is -2.37. The Morgan fingerprint density at radius 3 is 2.57 bits per heavy atom. The van der Waals surface area contributed by atoms with Gasteiger partial charge >= 0.3 is 0 Å². The molecule has 0 spiro atoms. The first kappa shape index (κ1) is 24.1. The molecular formula is C23H29FIN5. The summed E-state index contributed by atoms with van der Waals surface area (Å²) in [6, 6.07) is 17.7. The molecule has 2 N–H and O–H groups in total. The molecule has 0 saturated carbocycles. The molecule has 1 aliphatic rings. The Morgan fingerprint density at radius 1 is 1.23 bits per heavy atom. The number of benzene rings is 2. The first-order valence-corrected chi connectivity index (χ1v) is 10.1. The van der Waals surface area contributed by atoms with Crippen molar-refractivity contribution >= 4 is 29.9 Å². The van der Waals surface area contributed by atoms with Crippen molar-refractivity contribution in [3.63, 3.8) is 0 Å². The van der Waals surface area contributed by atoms with Gasteiger partial charge in [-0.2, -0.15) is 5.26 Å². The zero-order chi connectivity index (χ0) is 20.6. The lowest BCUT2D eigenvalue weighted by atomic mass is 10.0. The highest BCUT2D eigenvalue weighted by Crippen LogP contribution is 2.24. The average Bonchev–Trinajstić information content (AvgIpc) is 2.78. The second-order valence-electron chi connectivity index (χ2n) is 7.38. The number of nitrogens with one attached hydrogen (secondary N) is 2. The molecule has 160 valence electrons. The third kappa shape index (κ3) is 6.41. The molecule has 2 aromatic carbocycles. The highest BCUT2D eigenvalue weighted by Gasteiger charge is 2.24. The lowest BCUT2D eigenvalue weighted by Crippen LogP contribution is -2.48. The van der Waals surface area contributed by atoms with Crippen LogP contribution in [0.2, 0.25) is 0 Å². The molecule has 0 amide bonds. The molecule has 0 radical (unpaired) electrons. The predicted octanol–water partition coefficient (Wildman–Crippen LogP) is 4.21. The average molecular weight is 521 g/mol. The standard InChI is InChI=1S/C23H28FN5.HI/c1-17(19-6-4-3-5-7-19)29-12-10-21(11-13-29)28-23(26-2)27-16-20-14-18(15-25)8-9-22(20)24;/h3-9,14,17,21H,10-13,16H2,1-2H3,(H2,26,27,28);1H. The van der Waals surface area contributed by atoms with Gasteiger partial charge in [-0.1, -0.05) is 30.3 Å². The largest absolute Gasteiger partial charge is 0.354 e. The molecular weight excluding hydrogens is 492 g/mol. The Hall–Kier alpha value is -2.18. The molecule has 30 heavy (non-hydrogen) atoms. The summed E-state index contributed by atoms with van der Waals surface area (Å²) in [4.78, 5) is 6.77. The monoisotopic (exact) mass is 521 g/mol. The molecule has 1 unspecified atom stereocenters. The summed E-state index contributed by atoms with van der Waals surface area (Å²) in [5.41, 5.74) is 2.25. The number of nitrogens with zero attached hydrogens (tertiary/aromatic N) is 3. The molecule has 0 aliphatic carbocycles. The van der Waals surface area contributed by atoms with Gasteiger partial charge in [0.2, 0.25) is 0 Å². The van der Waals surface area contributed by atoms with E-state index in [1.165, 1.54) is 17.7 Å². The molecule has 2 aromatic rings. The van der Waals surface area contributed by atoms with Crippen LogP contribution < -0.4 is 10.6 Å². The molecule has 1 saturated heterocycles. The minimum Gasteiger partial charge on any atom is -0.354 e. The Bertz CT molecular complexity index is 873. The molecule has 0 aromatic heterocycles. The van der Waals surface area contributed by atoms with Gasteiger partial charge in [0.15, 0.2) is 5.96 Å². The van der Waals surface area contributed by atoms with E-state index in [0.29, 0.717) is 29.2 Å². The summed E-state index contributed by atoms with van der Waals surface area (Å²) in [6.07, 6.45) is 2.05. The fraction of sp³-hybridized carbons (Fsp3) is 0.391. The second kappa shape index (κ2) is 11.9. The van der Waals surface area contributed by atoms with Crippen LogP contribution in [0.1, 0.15) is 42.5 Å². The Morgan fingerprint density at radius 2 is 1.93 bits per heavy atom. The zero-order valence-corrected chi connectivity index (χ0v) is 19.8. The van der Waals surface area contributed by atoms with Crippen molar-refractivity contribution in [2.75, 3.05) is 20.1 Å². The smallest absolute Gasteiger partial charge is 0.191 e. The molecule has 1 fully saturated rings. The van der Waals surface area contributed by atoms with Crippen LogP contribution in [0.4, 0.5) is 4.39 Å². The highest BCUT2D eigenvalue weighted by atomic mass is 127. The number of aliphatic imine (C=N–C) groups is 1. The highest BCUT2D eigenvalue weighted by molar-refractivity contribution is 14.0. The van der Waals surface area contributed by atoms with Crippen molar-refractivity contribution in [2.45, 2.75) is 38.4 Å². The first-order valence-electron chi connectivity index (χ1n) is 10.1. The van der Waals surface area contributed by atoms with E-state index in [0.717, 1.165) is 25.9 Å². The number of halogens is 2. The van der Waals surface area contributed by atoms with Gasteiger partial charge in [-0.15, -0.1) is 24.0 Å². The van der Waals surface area contributed by atoms with Crippen LogP contribution in [0, 0.1) is 17.1 Å². The van der Waals surface area contributed by atoms with Crippen molar-refractivity contribution in [3.05, 3.63) is 71.0 Å². The van der Waals surface area contributed by atoms with E-state index in [-0.39, 0.29) is 36.3 Å². The van der Waals surface area contributed by atoms with E-state index >= 15 is 0 Å². The topological polar surface area (TPSA) is 63.5 Å². The van der Waals surface area contributed by atoms with E-state index < -0.39 is 0 Å². The van der Waals surface area contributed by atoms with E-state index in [1.54, 1.807) is 13.1 Å².